The van der Waals surface area contributed by atoms with Crippen LogP contribution in [-0.2, 0) is 0 Å². The summed E-state index contributed by atoms with van der Waals surface area (Å²) in [6.45, 7) is 5.89. The van der Waals surface area contributed by atoms with E-state index in [4.69, 9.17) is 5.73 Å². The van der Waals surface area contributed by atoms with Crippen molar-refractivity contribution >= 4 is 0 Å². The Kier molecular flexibility index (Phi) is 2.94. The number of phenolic OH excluding ortho intramolecular Hbond substituents is 1. The fourth-order valence-corrected chi connectivity index (χ4v) is 1.49. The van der Waals surface area contributed by atoms with E-state index in [0.29, 0.717) is 5.75 Å². The topological polar surface area (TPSA) is 46.2 Å². The average molecular weight is 179 g/mol. The lowest BCUT2D eigenvalue weighted by Gasteiger charge is -2.15. The highest BCUT2D eigenvalue weighted by atomic mass is 16.3. The summed E-state index contributed by atoms with van der Waals surface area (Å²) in [5.41, 5.74) is 8.76. The van der Waals surface area contributed by atoms with Gasteiger partial charge in [0.15, 0.2) is 0 Å². The van der Waals surface area contributed by atoms with E-state index < -0.39 is 0 Å². The van der Waals surface area contributed by atoms with E-state index in [1.54, 1.807) is 0 Å². The van der Waals surface area contributed by atoms with Crippen LogP contribution in [0.5, 0.6) is 5.75 Å². The Balaban J connectivity index is 3.25. The summed E-state index contributed by atoms with van der Waals surface area (Å²) in [6, 6.07) is 3.86. The van der Waals surface area contributed by atoms with Crippen molar-refractivity contribution in [1.82, 2.24) is 0 Å². The van der Waals surface area contributed by atoms with Crippen LogP contribution in [0.4, 0.5) is 0 Å². The van der Waals surface area contributed by atoms with Gasteiger partial charge in [-0.3, -0.25) is 0 Å². The highest BCUT2D eigenvalue weighted by Crippen LogP contribution is 2.30. The quantitative estimate of drug-likeness (QED) is 0.732. The molecule has 1 rings (SSSR count). The second-order valence-electron chi connectivity index (χ2n) is 3.48. The van der Waals surface area contributed by atoms with E-state index in [9.17, 15) is 5.11 Å². The molecular weight excluding hydrogens is 162 g/mol. The molecule has 3 N–H and O–H groups in total. The molecule has 0 heterocycles. The number of nitrogens with two attached hydrogens (primary N) is 1. The summed E-state index contributed by atoms with van der Waals surface area (Å²) in [4.78, 5) is 0. The molecule has 2 nitrogen and oxygen atoms in total. The Bertz CT molecular complexity index is 307. The third-order valence-electron chi connectivity index (χ3n) is 2.45. The molecule has 0 saturated carbocycles. The molecule has 0 aromatic heterocycles. The van der Waals surface area contributed by atoms with E-state index in [1.807, 2.05) is 32.9 Å². The third kappa shape index (κ3) is 1.83. The minimum absolute atomic E-state index is 0.0556. The maximum Gasteiger partial charge on any atom is 0.123 e. The predicted octanol–water partition coefficient (Wildman–Crippen LogP) is 2.42. The number of hydrogen-bond donors (Lipinski definition) is 2. The van der Waals surface area contributed by atoms with Gasteiger partial charge in [-0.15, -0.1) is 0 Å². The molecule has 0 unspecified atom stereocenters. The number of aryl methyl sites for hydroxylation is 2. The van der Waals surface area contributed by atoms with E-state index in [-0.39, 0.29) is 6.04 Å². The van der Waals surface area contributed by atoms with Crippen molar-refractivity contribution in [1.29, 1.82) is 0 Å². The SMILES string of the molecule is CC[C@@H](N)c1c(C)ccc(C)c1O. The van der Waals surface area contributed by atoms with Crippen molar-refractivity contribution in [3.63, 3.8) is 0 Å². The van der Waals surface area contributed by atoms with E-state index in [2.05, 4.69) is 0 Å². The van der Waals surface area contributed by atoms with Gasteiger partial charge in [-0.25, -0.2) is 0 Å². The maximum atomic E-state index is 9.80. The molecule has 72 valence electrons. The van der Waals surface area contributed by atoms with Crippen LogP contribution in [0, 0.1) is 13.8 Å². The Labute approximate surface area is 79.4 Å². The van der Waals surface area contributed by atoms with Crippen LogP contribution in [0.1, 0.15) is 36.1 Å². The molecular formula is C11H17NO. The summed E-state index contributed by atoms with van der Waals surface area (Å²) < 4.78 is 0. The van der Waals surface area contributed by atoms with Gasteiger partial charge in [0.05, 0.1) is 0 Å². The lowest BCUT2D eigenvalue weighted by Crippen LogP contribution is -2.10. The van der Waals surface area contributed by atoms with Gasteiger partial charge in [0, 0.05) is 11.6 Å². The highest BCUT2D eigenvalue weighted by molar-refractivity contribution is 5.46. The normalized spacial score (nSPS) is 12.9. The molecule has 0 aliphatic carbocycles. The summed E-state index contributed by atoms with van der Waals surface area (Å²) >= 11 is 0. The van der Waals surface area contributed by atoms with E-state index in [1.165, 1.54) is 0 Å². The highest BCUT2D eigenvalue weighted by Gasteiger charge is 2.13. The predicted molar refractivity (Wildman–Crippen MR) is 54.8 cm³/mol. The number of aromatic hydroxyl groups is 1. The van der Waals surface area contributed by atoms with Crippen LogP contribution in [0.15, 0.2) is 12.1 Å². The van der Waals surface area contributed by atoms with E-state index >= 15 is 0 Å². The van der Waals surface area contributed by atoms with Gasteiger partial charge >= 0.3 is 0 Å². The molecule has 1 aromatic carbocycles. The van der Waals surface area contributed by atoms with Crippen molar-refractivity contribution in [3.8, 4) is 5.75 Å². The first kappa shape index (κ1) is 10.1. The summed E-state index contributed by atoms with van der Waals surface area (Å²) in [5, 5.41) is 9.80. The van der Waals surface area contributed by atoms with Crippen molar-refractivity contribution in [2.75, 3.05) is 0 Å². The third-order valence-corrected chi connectivity index (χ3v) is 2.45. The van der Waals surface area contributed by atoms with Gasteiger partial charge in [-0.05, 0) is 31.4 Å². The maximum absolute atomic E-state index is 9.80. The van der Waals surface area contributed by atoms with Crippen LogP contribution in [-0.4, -0.2) is 5.11 Å². The zero-order chi connectivity index (χ0) is 10.0. The zero-order valence-corrected chi connectivity index (χ0v) is 8.46. The van der Waals surface area contributed by atoms with Crippen molar-refractivity contribution in [2.24, 2.45) is 5.73 Å². The number of rotatable bonds is 2. The molecule has 0 amide bonds. The lowest BCUT2D eigenvalue weighted by atomic mass is 9.96. The Hall–Kier alpha value is -1.02. The molecule has 0 fully saturated rings. The fraction of sp³-hybridized carbons (Fsp3) is 0.455. The van der Waals surface area contributed by atoms with Gasteiger partial charge in [0.1, 0.15) is 5.75 Å². The van der Waals surface area contributed by atoms with E-state index in [0.717, 1.165) is 23.1 Å². The molecule has 0 radical (unpaired) electrons. The molecule has 13 heavy (non-hydrogen) atoms. The van der Waals surface area contributed by atoms with Crippen LogP contribution < -0.4 is 5.73 Å². The van der Waals surface area contributed by atoms with Gasteiger partial charge < -0.3 is 10.8 Å². The van der Waals surface area contributed by atoms with Crippen molar-refractivity contribution in [3.05, 3.63) is 28.8 Å². The summed E-state index contributed by atoms with van der Waals surface area (Å²) in [5.74, 6) is 0.356. The number of phenols is 1. The zero-order valence-electron chi connectivity index (χ0n) is 8.46. The molecule has 0 aliphatic heterocycles. The Morgan fingerprint density at radius 2 is 1.85 bits per heavy atom. The van der Waals surface area contributed by atoms with Crippen molar-refractivity contribution < 1.29 is 5.11 Å². The van der Waals surface area contributed by atoms with Crippen LogP contribution in [0.2, 0.25) is 0 Å². The number of hydrogen-bond acceptors (Lipinski definition) is 2. The molecule has 1 aromatic rings. The Morgan fingerprint density at radius 3 is 2.38 bits per heavy atom. The number of benzene rings is 1. The molecule has 0 spiro atoms. The largest absolute Gasteiger partial charge is 0.507 e. The molecule has 2 heteroatoms. The van der Waals surface area contributed by atoms with Crippen molar-refractivity contribution in [2.45, 2.75) is 33.2 Å². The first-order valence-electron chi connectivity index (χ1n) is 4.62. The minimum atomic E-state index is -0.0556. The second kappa shape index (κ2) is 3.79. The molecule has 0 aliphatic rings. The van der Waals surface area contributed by atoms with Gasteiger partial charge in [0.2, 0.25) is 0 Å². The fourth-order valence-electron chi connectivity index (χ4n) is 1.49. The molecule has 1 atom stereocenters. The minimum Gasteiger partial charge on any atom is -0.507 e. The summed E-state index contributed by atoms with van der Waals surface area (Å²) in [6.07, 6.45) is 0.845. The van der Waals surface area contributed by atoms with Gasteiger partial charge in [-0.1, -0.05) is 19.1 Å². The molecule has 0 bridgehead atoms. The van der Waals surface area contributed by atoms with Gasteiger partial charge in [0.25, 0.3) is 0 Å². The first-order chi connectivity index (χ1) is 6.07. The van der Waals surface area contributed by atoms with Crippen LogP contribution in [0.3, 0.4) is 0 Å². The standard InChI is InChI=1S/C11H17NO/c1-4-9(12)10-7(2)5-6-8(3)11(10)13/h5-6,9,13H,4,12H2,1-3H3/t9-/m1/s1. The monoisotopic (exact) mass is 179 g/mol. The van der Waals surface area contributed by atoms with Gasteiger partial charge in [-0.2, -0.15) is 0 Å². The lowest BCUT2D eigenvalue weighted by molar-refractivity contribution is 0.455. The first-order valence-corrected chi connectivity index (χ1v) is 4.62. The van der Waals surface area contributed by atoms with Crippen LogP contribution in [0.25, 0.3) is 0 Å². The Morgan fingerprint density at radius 1 is 1.31 bits per heavy atom. The molecule has 0 saturated heterocycles. The average Bonchev–Trinajstić information content (AvgIpc) is 2.12. The van der Waals surface area contributed by atoms with Crippen LogP contribution >= 0.6 is 0 Å². The summed E-state index contributed by atoms with van der Waals surface area (Å²) in [7, 11) is 0. The smallest absolute Gasteiger partial charge is 0.123 e. The second-order valence-corrected chi connectivity index (χ2v) is 3.48.